The zero-order valence-electron chi connectivity index (χ0n) is 28.6. The van der Waals surface area contributed by atoms with Gasteiger partial charge in [0.1, 0.15) is 7.14 Å². The zero-order chi connectivity index (χ0) is 34.8. The first-order valence-corrected chi connectivity index (χ1v) is 20.6. The standard InChI is InChI=1S/C49H33OPS/c1-51(50,36-17-6-3-7-18-36)37-27-24-33(25-28-37)48-46(47-44(32-14-4-2-5-15-32)30-34-16-8-9-19-38(34)49(47)52-48)35-26-29-43-41-22-11-10-20-39(41)40-21-12-13-23-42(40)45(43)31-35/h2-31H,1H3. The molecule has 0 N–H and O–H groups in total. The molecule has 0 amide bonds. The van der Waals surface area contributed by atoms with Crippen molar-refractivity contribution in [2.75, 3.05) is 6.66 Å². The Balaban J connectivity index is 1.29. The number of benzene rings is 9. The van der Waals surface area contributed by atoms with Crippen molar-refractivity contribution in [2.24, 2.45) is 0 Å². The van der Waals surface area contributed by atoms with Crippen molar-refractivity contribution in [3.8, 4) is 32.7 Å². The Morgan fingerprint density at radius 2 is 0.923 bits per heavy atom. The minimum Gasteiger partial charge on any atom is -0.314 e. The summed E-state index contributed by atoms with van der Waals surface area (Å²) in [7, 11) is -2.75. The molecule has 1 unspecified atom stereocenters. The van der Waals surface area contributed by atoms with Crippen molar-refractivity contribution in [1.29, 1.82) is 0 Å². The van der Waals surface area contributed by atoms with Gasteiger partial charge in [0.05, 0.1) is 0 Å². The molecule has 0 bridgehead atoms. The van der Waals surface area contributed by atoms with Crippen molar-refractivity contribution < 1.29 is 4.57 Å². The van der Waals surface area contributed by atoms with Crippen LogP contribution in [0, 0.1) is 0 Å². The molecule has 3 heteroatoms. The molecule has 0 aliphatic rings. The lowest BCUT2D eigenvalue weighted by atomic mass is 9.88. The first-order chi connectivity index (χ1) is 25.6. The summed E-state index contributed by atoms with van der Waals surface area (Å²) in [6.45, 7) is 1.88. The maximum Gasteiger partial charge on any atom is 0.140 e. The van der Waals surface area contributed by atoms with Crippen molar-refractivity contribution in [2.45, 2.75) is 0 Å². The molecule has 0 saturated heterocycles. The third kappa shape index (κ3) is 4.87. The van der Waals surface area contributed by atoms with Gasteiger partial charge >= 0.3 is 0 Å². The maximum absolute atomic E-state index is 14.2. The van der Waals surface area contributed by atoms with E-state index < -0.39 is 7.14 Å². The Labute approximate surface area is 306 Å². The van der Waals surface area contributed by atoms with Crippen molar-refractivity contribution in [3.63, 3.8) is 0 Å². The topological polar surface area (TPSA) is 17.1 Å². The van der Waals surface area contributed by atoms with E-state index in [2.05, 4.69) is 152 Å². The van der Waals surface area contributed by atoms with E-state index >= 15 is 0 Å². The normalized spacial score (nSPS) is 12.9. The summed E-state index contributed by atoms with van der Waals surface area (Å²) in [5, 5.41) is 13.1. The SMILES string of the molecule is CP(=O)(c1ccccc1)c1ccc(-c2sc3c(c(-c4ccccc4)cc4ccccc43)c2-c2ccc3c4ccccc4c4ccccc4c3c2)cc1. The summed E-state index contributed by atoms with van der Waals surface area (Å²) < 4.78 is 15.4. The molecule has 1 aromatic heterocycles. The number of hydrogen-bond acceptors (Lipinski definition) is 2. The van der Waals surface area contributed by atoms with Crippen LogP contribution in [0.25, 0.3) is 85.9 Å². The fourth-order valence-corrected chi connectivity index (χ4v) is 11.2. The van der Waals surface area contributed by atoms with E-state index in [1.165, 1.54) is 80.3 Å². The Bertz CT molecular complexity index is 3000. The Morgan fingerprint density at radius 3 is 1.58 bits per heavy atom. The van der Waals surface area contributed by atoms with Crippen LogP contribution in [-0.2, 0) is 4.57 Å². The molecule has 10 aromatic rings. The van der Waals surface area contributed by atoms with E-state index in [-0.39, 0.29) is 0 Å². The molecule has 0 fully saturated rings. The van der Waals surface area contributed by atoms with E-state index in [4.69, 9.17) is 0 Å². The van der Waals surface area contributed by atoms with Crippen LogP contribution in [0.5, 0.6) is 0 Å². The summed E-state index contributed by atoms with van der Waals surface area (Å²) >= 11 is 1.86. The predicted octanol–water partition coefficient (Wildman–Crippen LogP) is 13.5. The van der Waals surface area contributed by atoms with Crippen LogP contribution in [0.15, 0.2) is 182 Å². The molecule has 246 valence electrons. The highest BCUT2D eigenvalue weighted by Gasteiger charge is 2.24. The van der Waals surface area contributed by atoms with Gasteiger partial charge < -0.3 is 4.57 Å². The number of hydrogen-bond donors (Lipinski definition) is 0. The third-order valence-electron chi connectivity index (χ3n) is 10.7. The highest BCUT2D eigenvalue weighted by atomic mass is 32.1. The summed E-state index contributed by atoms with van der Waals surface area (Å²) in [5.74, 6) is 0. The van der Waals surface area contributed by atoms with E-state index in [0.29, 0.717) is 0 Å². The van der Waals surface area contributed by atoms with Crippen LogP contribution in [-0.4, -0.2) is 6.66 Å². The fraction of sp³-hybridized carbons (Fsp3) is 0.0204. The monoisotopic (exact) mass is 700 g/mol. The molecule has 0 aliphatic heterocycles. The molecule has 10 rings (SSSR count). The van der Waals surface area contributed by atoms with Gasteiger partial charge in [0, 0.05) is 31.1 Å². The van der Waals surface area contributed by atoms with Gasteiger partial charge in [0.25, 0.3) is 0 Å². The van der Waals surface area contributed by atoms with Crippen LogP contribution >= 0.6 is 18.5 Å². The van der Waals surface area contributed by atoms with Crippen LogP contribution in [0.2, 0.25) is 0 Å². The average molecular weight is 701 g/mol. The number of rotatable bonds is 5. The summed E-state index contributed by atoms with van der Waals surface area (Å²) in [6.07, 6.45) is 0. The molecule has 9 aromatic carbocycles. The summed E-state index contributed by atoms with van der Waals surface area (Å²) in [4.78, 5) is 1.21. The van der Waals surface area contributed by atoms with Gasteiger partial charge in [-0.15, -0.1) is 11.3 Å². The van der Waals surface area contributed by atoms with Crippen LogP contribution < -0.4 is 10.6 Å². The van der Waals surface area contributed by atoms with Crippen molar-refractivity contribution >= 4 is 82.3 Å². The molecule has 0 spiro atoms. The largest absolute Gasteiger partial charge is 0.314 e. The smallest absolute Gasteiger partial charge is 0.140 e. The van der Waals surface area contributed by atoms with Gasteiger partial charge in [0.15, 0.2) is 0 Å². The lowest BCUT2D eigenvalue weighted by molar-refractivity contribution is 0.590. The quantitative estimate of drug-likeness (QED) is 0.129. The lowest BCUT2D eigenvalue weighted by Crippen LogP contribution is -2.14. The van der Waals surface area contributed by atoms with Crippen LogP contribution in [0.4, 0.5) is 0 Å². The number of fused-ring (bicyclic) bond motifs is 9. The van der Waals surface area contributed by atoms with E-state index in [0.717, 1.165) is 16.2 Å². The van der Waals surface area contributed by atoms with Gasteiger partial charge in [0.2, 0.25) is 0 Å². The average Bonchev–Trinajstić information content (AvgIpc) is 3.62. The van der Waals surface area contributed by atoms with Gasteiger partial charge in [-0.3, -0.25) is 0 Å². The fourth-order valence-electron chi connectivity index (χ4n) is 8.08. The number of thiophene rings is 1. The zero-order valence-corrected chi connectivity index (χ0v) is 30.3. The molecule has 1 atom stereocenters. The van der Waals surface area contributed by atoms with Crippen LogP contribution in [0.3, 0.4) is 0 Å². The highest BCUT2D eigenvalue weighted by molar-refractivity contribution is 7.78. The minimum absolute atomic E-state index is 0.865. The first-order valence-electron chi connectivity index (χ1n) is 17.7. The Morgan fingerprint density at radius 1 is 0.423 bits per heavy atom. The molecular formula is C49H33OPS. The highest BCUT2D eigenvalue weighted by Crippen LogP contribution is 2.52. The van der Waals surface area contributed by atoms with E-state index in [1.807, 2.05) is 48.3 Å². The Kier molecular flexibility index (Phi) is 7.25. The maximum atomic E-state index is 14.2. The molecule has 0 aliphatic carbocycles. The van der Waals surface area contributed by atoms with Gasteiger partial charge in [-0.2, -0.15) is 0 Å². The minimum atomic E-state index is -2.75. The predicted molar refractivity (Wildman–Crippen MR) is 227 cm³/mol. The van der Waals surface area contributed by atoms with Crippen molar-refractivity contribution in [3.05, 3.63) is 182 Å². The Hall–Kier alpha value is -5.79. The second-order valence-corrected chi connectivity index (χ2v) is 17.6. The van der Waals surface area contributed by atoms with E-state index in [9.17, 15) is 4.57 Å². The van der Waals surface area contributed by atoms with Gasteiger partial charge in [-0.25, -0.2) is 0 Å². The molecule has 52 heavy (non-hydrogen) atoms. The second-order valence-electron chi connectivity index (χ2n) is 13.7. The molecule has 1 nitrogen and oxygen atoms in total. The first kappa shape index (κ1) is 31.0. The molecule has 0 saturated carbocycles. The molecular weight excluding hydrogens is 668 g/mol. The van der Waals surface area contributed by atoms with Gasteiger partial charge in [-0.05, 0) is 84.1 Å². The lowest BCUT2D eigenvalue weighted by Gasteiger charge is -2.15. The summed E-state index contributed by atoms with van der Waals surface area (Å²) in [6, 6.07) is 64.9. The second kappa shape index (κ2) is 12.2. The van der Waals surface area contributed by atoms with Crippen LogP contribution in [0.1, 0.15) is 0 Å². The van der Waals surface area contributed by atoms with Gasteiger partial charge in [-0.1, -0.05) is 170 Å². The molecule has 1 heterocycles. The molecule has 0 radical (unpaired) electrons. The van der Waals surface area contributed by atoms with E-state index in [1.54, 1.807) is 0 Å². The summed E-state index contributed by atoms with van der Waals surface area (Å²) in [5.41, 5.74) is 5.98. The third-order valence-corrected chi connectivity index (χ3v) is 14.5. The van der Waals surface area contributed by atoms with Crippen molar-refractivity contribution in [1.82, 2.24) is 0 Å².